The number of rotatable bonds is 6. The van der Waals surface area contributed by atoms with Crippen molar-refractivity contribution in [3.05, 3.63) is 17.5 Å². The third kappa shape index (κ3) is 4.02. The highest BCUT2D eigenvalue weighted by Crippen LogP contribution is 2.05. The summed E-state index contributed by atoms with van der Waals surface area (Å²) in [5, 5.41) is 16.1. The summed E-state index contributed by atoms with van der Waals surface area (Å²) in [7, 11) is 1.89. The molecular weight excluding hydrogens is 206 g/mol. The van der Waals surface area contributed by atoms with Crippen molar-refractivity contribution in [2.45, 2.75) is 39.3 Å². The van der Waals surface area contributed by atoms with Gasteiger partial charge in [-0.25, -0.2) is 0 Å². The van der Waals surface area contributed by atoms with Crippen LogP contribution in [0.3, 0.4) is 0 Å². The molecule has 5 heteroatoms. The fourth-order valence-electron chi connectivity index (χ4n) is 1.55. The van der Waals surface area contributed by atoms with Gasteiger partial charge in [0.25, 0.3) is 0 Å². The second kappa shape index (κ2) is 5.65. The SMILES string of the molecule is Cc1nn(C)cc1CNC(C)CCC(=O)O. The minimum absolute atomic E-state index is 0.204. The molecule has 0 aromatic carbocycles. The zero-order valence-electron chi connectivity index (χ0n) is 10.0. The van der Waals surface area contributed by atoms with Crippen molar-refractivity contribution >= 4 is 5.97 Å². The predicted molar refractivity (Wildman–Crippen MR) is 61.1 cm³/mol. The van der Waals surface area contributed by atoms with Gasteiger partial charge in [-0.15, -0.1) is 0 Å². The molecule has 0 radical (unpaired) electrons. The minimum atomic E-state index is -0.744. The summed E-state index contributed by atoms with van der Waals surface area (Å²) in [5.41, 5.74) is 2.17. The normalized spacial score (nSPS) is 12.7. The number of carbonyl (C=O) groups is 1. The Labute approximate surface area is 95.5 Å². The Morgan fingerprint density at radius 2 is 2.38 bits per heavy atom. The highest BCUT2D eigenvalue weighted by Gasteiger charge is 2.07. The van der Waals surface area contributed by atoms with E-state index in [9.17, 15) is 4.79 Å². The molecule has 0 spiro atoms. The van der Waals surface area contributed by atoms with Gasteiger partial charge >= 0.3 is 5.97 Å². The van der Waals surface area contributed by atoms with E-state index in [1.54, 1.807) is 4.68 Å². The maximum atomic E-state index is 10.4. The molecule has 0 aliphatic heterocycles. The Hall–Kier alpha value is -1.36. The van der Waals surface area contributed by atoms with Gasteiger partial charge in [-0.1, -0.05) is 0 Å². The first kappa shape index (κ1) is 12.7. The zero-order valence-corrected chi connectivity index (χ0v) is 10.0. The van der Waals surface area contributed by atoms with Crippen LogP contribution in [0.5, 0.6) is 0 Å². The number of aromatic nitrogens is 2. The number of carboxylic acid groups (broad SMARTS) is 1. The van der Waals surface area contributed by atoms with E-state index in [-0.39, 0.29) is 12.5 Å². The van der Waals surface area contributed by atoms with Crippen molar-refractivity contribution in [3.8, 4) is 0 Å². The number of aliphatic carboxylic acids is 1. The van der Waals surface area contributed by atoms with E-state index in [2.05, 4.69) is 10.4 Å². The van der Waals surface area contributed by atoms with Gasteiger partial charge in [-0.2, -0.15) is 5.10 Å². The molecule has 2 N–H and O–H groups in total. The summed E-state index contributed by atoms with van der Waals surface area (Å²) >= 11 is 0. The molecular formula is C11H19N3O2. The van der Waals surface area contributed by atoms with E-state index in [0.29, 0.717) is 6.42 Å². The van der Waals surface area contributed by atoms with Crippen molar-refractivity contribution in [2.24, 2.45) is 7.05 Å². The van der Waals surface area contributed by atoms with Crippen LogP contribution in [-0.2, 0) is 18.4 Å². The summed E-state index contributed by atoms with van der Waals surface area (Å²) in [6, 6.07) is 0.204. The van der Waals surface area contributed by atoms with Crippen molar-refractivity contribution in [3.63, 3.8) is 0 Å². The summed E-state index contributed by atoms with van der Waals surface area (Å²) in [6.07, 6.45) is 2.83. The van der Waals surface area contributed by atoms with Crippen LogP contribution < -0.4 is 5.32 Å². The van der Waals surface area contributed by atoms with Crippen LogP contribution in [0.1, 0.15) is 31.0 Å². The Morgan fingerprint density at radius 3 is 2.88 bits per heavy atom. The van der Waals surface area contributed by atoms with Crippen LogP contribution in [0.4, 0.5) is 0 Å². The molecule has 1 heterocycles. The lowest BCUT2D eigenvalue weighted by Crippen LogP contribution is -2.26. The maximum Gasteiger partial charge on any atom is 0.303 e. The maximum absolute atomic E-state index is 10.4. The highest BCUT2D eigenvalue weighted by molar-refractivity contribution is 5.66. The number of hydrogen-bond donors (Lipinski definition) is 2. The molecule has 0 fully saturated rings. The molecule has 0 aliphatic carbocycles. The van der Waals surface area contributed by atoms with Crippen LogP contribution in [0.25, 0.3) is 0 Å². The van der Waals surface area contributed by atoms with Gasteiger partial charge in [0.1, 0.15) is 0 Å². The van der Waals surface area contributed by atoms with E-state index < -0.39 is 5.97 Å². The summed E-state index contributed by atoms with van der Waals surface area (Å²) in [5.74, 6) is -0.744. The smallest absolute Gasteiger partial charge is 0.303 e. The van der Waals surface area contributed by atoms with E-state index >= 15 is 0 Å². The number of carboxylic acids is 1. The Balaban J connectivity index is 2.34. The molecule has 1 rings (SSSR count). The van der Waals surface area contributed by atoms with Gasteiger partial charge in [-0.05, 0) is 20.3 Å². The molecule has 1 unspecified atom stereocenters. The van der Waals surface area contributed by atoms with E-state index in [0.717, 1.165) is 17.8 Å². The third-order valence-electron chi connectivity index (χ3n) is 2.55. The fraction of sp³-hybridized carbons (Fsp3) is 0.636. The molecule has 0 saturated carbocycles. The second-order valence-electron chi connectivity index (χ2n) is 4.13. The van der Waals surface area contributed by atoms with Crippen molar-refractivity contribution in [1.29, 1.82) is 0 Å². The van der Waals surface area contributed by atoms with Gasteiger partial charge in [0.15, 0.2) is 0 Å². The van der Waals surface area contributed by atoms with Gasteiger partial charge in [-0.3, -0.25) is 9.48 Å². The highest BCUT2D eigenvalue weighted by atomic mass is 16.4. The minimum Gasteiger partial charge on any atom is -0.481 e. The predicted octanol–water partition coefficient (Wildman–Crippen LogP) is 1.07. The Kier molecular flexibility index (Phi) is 4.49. The lowest BCUT2D eigenvalue weighted by atomic mass is 10.1. The Bertz CT molecular complexity index is 360. The molecule has 16 heavy (non-hydrogen) atoms. The van der Waals surface area contributed by atoms with Gasteiger partial charge in [0.05, 0.1) is 5.69 Å². The number of aryl methyl sites for hydroxylation is 2. The molecule has 5 nitrogen and oxygen atoms in total. The third-order valence-corrected chi connectivity index (χ3v) is 2.55. The van der Waals surface area contributed by atoms with Crippen molar-refractivity contribution in [2.75, 3.05) is 0 Å². The second-order valence-corrected chi connectivity index (χ2v) is 4.13. The van der Waals surface area contributed by atoms with Gasteiger partial charge < -0.3 is 10.4 Å². The number of nitrogens with zero attached hydrogens (tertiary/aromatic N) is 2. The Morgan fingerprint density at radius 1 is 1.69 bits per heavy atom. The van der Waals surface area contributed by atoms with Gasteiger partial charge in [0.2, 0.25) is 0 Å². The molecule has 90 valence electrons. The first-order chi connectivity index (χ1) is 7.49. The zero-order chi connectivity index (χ0) is 12.1. The lowest BCUT2D eigenvalue weighted by molar-refractivity contribution is -0.137. The average Bonchev–Trinajstić information content (AvgIpc) is 2.51. The topological polar surface area (TPSA) is 67.2 Å². The molecule has 0 bridgehead atoms. The summed E-state index contributed by atoms with van der Waals surface area (Å²) < 4.78 is 1.79. The molecule has 0 aliphatic rings. The van der Waals surface area contributed by atoms with Gasteiger partial charge in [0, 0.05) is 37.8 Å². The first-order valence-electron chi connectivity index (χ1n) is 5.43. The molecule has 1 aromatic rings. The van der Waals surface area contributed by atoms with Crippen LogP contribution in [0.15, 0.2) is 6.20 Å². The average molecular weight is 225 g/mol. The fourth-order valence-corrected chi connectivity index (χ4v) is 1.55. The van der Waals surface area contributed by atoms with Crippen molar-refractivity contribution < 1.29 is 9.90 Å². The van der Waals surface area contributed by atoms with Crippen molar-refractivity contribution in [1.82, 2.24) is 15.1 Å². The van der Waals surface area contributed by atoms with Crippen LogP contribution in [-0.4, -0.2) is 26.9 Å². The molecule has 0 amide bonds. The first-order valence-corrected chi connectivity index (χ1v) is 5.43. The van der Waals surface area contributed by atoms with E-state index in [1.165, 1.54) is 0 Å². The van der Waals surface area contributed by atoms with E-state index in [1.807, 2.05) is 27.1 Å². The quantitative estimate of drug-likeness (QED) is 0.760. The van der Waals surface area contributed by atoms with Crippen LogP contribution in [0.2, 0.25) is 0 Å². The standard InChI is InChI=1S/C11H19N3O2/c1-8(4-5-11(15)16)12-6-10-7-14(3)13-9(10)2/h7-8,12H,4-6H2,1-3H3,(H,15,16). The largest absolute Gasteiger partial charge is 0.481 e. The van der Waals surface area contributed by atoms with Crippen LogP contribution in [0, 0.1) is 6.92 Å². The lowest BCUT2D eigenvalue weighted by Gasteiger charge is -2.11. The van der Waals surface area contributed by atoms with Crippen LogP contribution >= 0.6 is 0 Å². The number of hydrogen-bond acceptors (Lipinski definition) is 3. The molecule has 1 atom stereocenters. The monoisotopic (exact) mass is 225 g/mol. The van der Waals surface area contributed by atoms with E-state index in [4.69, 9.17) is 5.11 Å². The molecule has 0 saturated heterocycles. The molecule has 1 aromatic heterocycles. The summed E-state index contributed by atoms with van der Waals surface area (Å²) in [4.78, 5) is 10.4. The summed E-state index contributed by atoms with van der Waals surface area (Å²) in [6.45, 7) is 4.70. The number of nitrogens with one attached hydrogen (secondary N) is 1.